The molecule has 0 bridgehead atoms. The van der Waals surface area contributed by atoms with Crippen LogP contribution in [0, 0.1) is 4.78 Å². The molecule has 0 radical (unpaired) electrons. The SMILES string of the molecule is CCCCCC[N+](C)(C)C.N=[S+]C(F)(F)F. The monoisotopic (exact) mass is 260 g/mol. The summed E-state index contributed by atoms with van der Waals surface area (Å²) in [6.07, 6.45) is 5.54. The van der Waals surface area contributed by atoms with Gasteiger partial charge in [-0.2, -0.15) is 0 Å². The minimum Gasteiger partial charge on any atom is -0.331 e. The summed E-state index contributed by atoms with van der Waals surface area (Å²) < 4.78 is 38.4. The largest absolute Gasteiger partial charge is 0.673 e. The Labute approximate surface area is 100 Å². The molecule has 0 spiro atoms. The third-order valence-electron chi connectivity index (χ3n) is 1.80. The Balaban J connectivity index is 0. The Morgan fingerprint density at radius 1 is 1.06 bits per heavy atom. The fourth-order valence-corrected chi connectivity index (χ4v) is 1.01. The Hall–Kier alpha value is -0.230. The molecule has 0 saturated heterocycles. The van der Waals surface area contributed by atoms with Crippen LogP contribution in [0.15, 0.2) is 0 Å². The first kappa shape index (κ1) is 18.1. The lowest BCUT2D eigenvalue weighted by Gasteiger charge is -2.23. The molecule has 0 unspecified atom stereocenters. The Kier molecular flexibility index (Phi) is 10.1. The lowest BCUT2D eigenvalue weighted by molar-refractivity contribution is -0.870. The van der Waals surface area contributed by atoms with Crippen LogP contribution < -0.4 is 0 Å². The number of nitrogens with zero attached hydrogens (tertiary/aromatic N) is 1. The molecule has 0 aromatic carbocycles. The van der Waals surface area contributed by atoms with E-state index < -0.39 is 17.1 Å². The number of unbranched alkanes of at least 4 members (excludes halogenated alkanes) is 3. The van der Waals surface area contributed by atoms with E-state index in [2.05, 4.69) is 28.1 Å². The first-order valence-corrected chi connectivity index (χ1v) is 6.16. The van der Waals surface area contributed by atoms with Gasteiger partial charge in [-0.25, -0.2) is 0 Å². The predicted molar refractivity (Wildman–Crippen MR) is 63.2 cm³/mol. The van der Waals surface area contributed by atoms with Crippen LogP contribution in [-0.4, -0.2) is 37.7 Å². The van der Waals surface area contributed by atoms with Gasteiger partial charge in [0.1, 0.15) is 0 Å². The van der Waals surface area contributed by atoms with Gasteiger partial charge in [0.15, 0.2) is 0 Å². The van der Waals surface area contributed by atoms with E-state index in [1.807, 2.05) is 0 Å². The van der Waals surface area contributed by atoms with Gasteiger partial charge in [-0.3, -0.25) is 0 Å². The molecule has 16 heavy (non-hydrogen) atoms. The summed E-state index contributed by atoms with van der Waals surface area (Å²) >= 11 is -0.868. The molecule has 0 fully saturated rings. The smallest absolute Gasteiger partial charge is 0.331 e. The van der Waals surface area contributed by atoms with Crippen molar-refractivity contribution in [3.05, 3.63) is 0 Å². The molecule has 0 aromatic rings. The highest BCUT2D eigenvalue weighted by Gasteiger charge is 2.42. The Morgan fingerprint density at radius 3 is 1.75 bits per heavy atom. The summed E-state index contributed by atoms with van der Waals surface area (Å²) in [5.74, 6) is 0. The van der Waals surface area contributed by atoms with Crippen LogP contribution in [-0.2, 0) is 11.6 Å². The molecule has 2 nitrogen and oxygen atoms in total. The van der Waals surface area contributed by atoms with Crippen molar-refractivity contribution in [3.8, 4) is 0 Å². The van der Waals surface area contributed by atoms with Gasteiger partial charge in [0, 0.05) is 0 Å². The van der Waals surface area contributed by atoms with E-state index in [1.54, 1.807) is 0 Å². The van der Waals surface area contributed by atoms with Gasteiger partial charge in [-0.15, -0.1) is 13.2 Å². The van der Waals surface area contributed by atoms with Gasteiger partial charge >= 0.3 is 17.1 Å². The van der Waals surface area contributed by atoms with Crippen molar-refractivity contribution < 1.29 is 17.7 Å². The quantitative estimate of drug-likeness (QED) is 0.443. The van der Waals surface area contributed by atoms with E-state index in [0.29, 0.717) is 0 Å². The molecule has 6 heteroatoms. The van der Waals surface area contributed by atoms with Crippen molar-refractivity contribution >= 4 is 11.6 Å². The van der Waals surface area contributed by atoms with Crippen LogP contribution in [0.5, 0.6) is 0 Å². The molecule has 0 aliphatic rings. The fraction of sp³-hybridized carbons (Fsp3) is 1.00. The summed E-state index contributed by atoms with van der Waals surface area (Å²) in [6, 6.07) is 0. The topological polar surface area (TPSA) is 23.9 Å². The zero-order valence-electron chi connectivity index (χ0n) is 10.5. The molecule has 0 aliphatic carbocycles. The second-order valence-corrected chi connectivity index (χ2v) is 5.29. The third kappa shape index (κ3) is 23.5. The lowest BCUT2D eigenvalue weighted by atomic mass is 10.2. The first-order valence-electron chi connectivity index (χ1n) is 5.34. The summed E-state index contributed by atoms with van der Waals surface area (Å²) in [5.41, 5.74) is -4.38. The maximum Gasteiger partial charge on any atom is 0.673 e. The van der Waals surface area contributed by atoms with Crippen molar-refractivity contribution in [1.82, 2.24) is 0 Å². The minimum absolute atomic E-state index is 0.868. The predicted octanol–water partition coefficient (Wildman–Crippen LogP) is 3.62. The number of nitrogens with one attached hydrogen (secondary N) is 1. The van der Waals surface area contributed by atoms with Gasteiger partial charge < -0.3 is 4.48 Å². The van der Waals surface area contributed by atoms with Crippen LogP contribution in [0.4, 0.5) is 13.2 Å². The summed E-state index contributed by atoms with van der Waals surface area (Å²) in [7, 11) is 6.77. The summed E-state index contributed by atoms with van der Waals surface area (Å²) in [6.45, 7) is 3.58. The van der Waals surface area contributed by atoms with Gasteiger partial charge in [0.2, 0.25) is 0 Å². The summed E-state index contributed by atoms with van der Waals surface area (Å²) in [4.78, 5) is 0. The molecule has 0 atom stereocenters. The summed E-state index contributed by atoms with van der Waals surface area (Å²) in [5, 5.41) is 0. The number of hydrogen-bond donors (Lipinski definition) is 1. The molecule has 0 aromatic heterocycles. The zero-order valence-corrected chi connectivity index (χ0v) is 11.3. The minimum atomic E-state index is -4.38. The Bertz CT molecular complexity index is 176. The van der Waals surface area contributed by atoms with E-state index in [4.69, 9.17) is 4.78 Å². The van der Waals surface area contributed by atoms with Gasteiger partial charge in [0.05, 0.1) is 27.7 Å². The van der Waals surface area contributed by atoms with Gasteiger partial charge in [0.25, 0.3) is 0 Å². The van der Waals surface area contributed by atoms with Crippen molar-refractivity contribution in [2.75, 3.05) is 27.7 Å². The third-order valence-corrected chi connectivity index (χ3v) is 2.03. The maximum absolute atomic E-state index is 10.6. The van der Waals surface area contributed by atoms with E-state index >= 15 is 0 Å². The second-order valence-electron chi connectivity index (χ2n) is 4.62. The standard InChI is InChI=1S/C9H22N.CHF3NS/c1-5-6-7-8-9-10(2,3)4;2-1(3,4)6-5/h5-9H2,1-4H3;5H/q2*+1. The van der Waals surface area contributed by atoms with E-state index in [9.17, 15) is 13.2 Å². The normalized spacial score (nSPS) is 11.7. The lowest BCUT2D eigenvalue weighted by Crippen LogP contribution is -2.35. The highest BCUT2D eigenvalue weighted by molar-refractivity contribution is 7.67. The van der Waals surface area contributed by atoms with Gasteiger partial charge in [-0.05, 0) is 17.6 Å². The fourth-order valence-electron chi connectivity index (χ4n) is 1.01. The number of quaternary nitrogens is 1. The molecule has 0 amide bonds. The van der Waals surface area contributed by atoms with Crippen LogP contribution >= 0.6 is 0 Å². The average molecular weight is 260 g/mol. The number of rotatable bonds is 5. The van der Waals surface area contributed by atoms with Crippen molar-refractivity contribution in [2.24, 2.45) is 0 Å². The molecule has 0 heterocycles. The molecular weight excluding hydrogens is 237 g/mol. The number of halogens is 3. The first-order chi connectivity index (χ1) is 7.12. The van der Waals surface area contributed by atoms with E-state index in [0.717, 1.165) is 4.48 Å². The average Bonchev–Trinajstić information content (AvgIpc) is 2.11. The number of alkyl halides is 3. The molecule has 0 aliphatic heterocycles. The van der Waals surface area contributed by atoms with Crippen molar-refractivity contribution in [3.63, 3.8) is 0 Å². The Morgan fingerprint density at radius 2 is 1.50 bits per heavy atom. The van der Waals surface area contributed by atoms with Gasteiger partial charge in [-0.1, -0.05) is 19.8 Å². The van der Waals surface area contributed by atoms with Crippen LogP contribution in [0.3, 0.4) is 0 Å². The second kappa shape index (κ2) is 8.87. The molecule has 0 saturated carbocycles. The van der Waals surface area contributed by atoms with E-state index in [1.165, 1.54) is 32.2 Å². The highest BCUT2D eigenvalue weighted by Crippen LogP contribution is 2.11. The number of hydrogen-bond acceptors (Lipinski definition) is 1. The molecule has 98 valence electrons. The van der Waals surface area contributed by atoms with Crippen LogP contribution in [0.1, 0.15) is 32.6 Å². The highest BCUT2D eigenvalue weighted by atomic mass is 32.1. The van der Waals surface area contributed by atoms with Crippen molar-refractivity contribution in [2.45, 2.75) is 38.1 Å². The molecular formula is C10H23F3N2S+2. The van der Waals surface area contributed by atoms with E-state index in [-0.39, 0.29) is 0 Å². The molecule has 1 N–H and O–H groups in total. The maximum atomic E-state index is 10.6. The van der Waals surface area contributed by atoms with Crippen molar-refractivity contribution in [1.29, 1.82) is 4.78 Å². The van der Waals surface area contributed by atoms with Crippen LogP contribution in [0.2, 0.25) is 0 Å². The molecule has 0 rings (SSSR count). The zero-order chi connectivity index (χ0) is 13.2. The van der Waals surface area contributed by atoms with Crippen LogP contribution in [0.25, 0.3) is 0 Å².